The fourth-order valence-corrected chi connectivity index (χ4v) is 4.01. The molecule has 1 aliphatic rings. The van der Waals surface area contributed by atoms with Crippen LogP contribution in [0.1, 0.15) is 44.4 Å². The zero-order valence-corrected chi connectivity index (χ0v) is 21.7. The fourth-order valence-electron chi connectivity index (χ4n) is 4.01. The molecule has 0 aliphatic carbocycles. The van der Waals surface area contributed by atoms with Crippen molar-refractivity contribution in [2.45, 2.75) is 46.0 Å². The first-order valence-corrected chi connectivity index (χ1v) is 12.6. The number of hydrogen-bond acceptors (Lipinski definition) is 5. The van der Waals surface area contributed by atoms with Crippen LogP contribution >= 0.6 is 0 Å². The summed E-state index contributed by atoms with van der Waals surface area (Å²) in [5, 5.41) is 7.39. The largest absolute Gasteiger partial charge is 0.371 e. The van der Waals surface area contributed by atoms with Crippen LogP contribution in [-0.4, -0.2) is 50.2 Å². The molecule has 0 unspecified atom stereocenters. The Balaban J connectivity index is 0.000000618. The second-order valence-corrected chi connectivity index (χ2v) is 8.38. The maximum atomic E-state index is 5.01. The predicted octanol–water partition coefficient (Wildman–Crippen LogP) is 5.64. The molecule has 1 aliphatic heterocycles. The van der Waals surface area contributed by atoms with Gasteiger partial charge in [0.15, 0.2) is 0 Å². The van der Waals surface area contributed by atoms with Crippen LogP contribution < -0.4 is 15.5 Å². The molecule has 2 N–H and O–H groups in total. The van der Waals surface area contributed by atoms with Crippen molar-refractivity contribution in [3.63, 3.8) is 0 Å². The molecule has 5 heteroatoms. The fraction of sp³-hybridized carbons (Fsp3) is 0.448. The molecule has 0 bridgehead atoms. The van der Waals surface area contributed by atoms with Crippen molar-refractivity contribution in [1.82, 2.24) is 20.6 Å². The molecule has 0 saturated carbocycles. The van der Waals surface area contributed by atoms with Gasteiger partial charge in [-0.2, -0.15) is 0 Å². The first-order valence-electron chi connectivity index (χ1n) is 12.6. The van der Waals surface area contributed by atoms with Gasteiger partial charge in [-0.15, -0.1) is 13.2 Å². The Morgan fingerprint density at radius 3 is 2.29 bits per heavy atom. The molecule has 3 aromatic rings. The number of benzene rings is 1. The molecule has 1 aromatic carbocycles. The summed E-state index contributed by atoms with van der Waals surface area (Å²) in [6.45, 7) is 14.6. The summed E-state index contributed by atoms with van der Waals surface area (Å²) in [5.74, 6) is 0. The molecule has 0 amide bonds. The highest BCUT2D eigenvalue weighted by Gasteiger charge is 2.17. The molecule has 4 rings (SSSR count). The highest BCUT2D eigenvalue weighted by Crippen LogP contribution is 2.33. The van der Waals surface area contributed by atoms with Crippen LogP contribution in [0.3, 0.4) is 0 Å². The van der Waals surface area contributed by atoms with Crippen molar-refractivity contribution >= 4 is 16.6 Å². The summed E-state index contributed by atoms with van der Waals surface area (Å²) in [6, 6.07) is 13.3. The van der Waals surface area contributed by atoms with E-state index in [1.807, 2.05) is 20.3 Å². The predicted molar refractivity (Wildman–Crippen MR) is 149 cm³/mol. The molecule has 0 radical (unpaired) electrons. The van der Waals surface area contributed by atoms with Crippen LogP contribution in [-0.2, 0) is 12.8 Å². The number of fused-ring (bicyclic) bond motifs is 1. The molecule has 184 valence electrons. The lowest BCUT2D eigenvalue weighted by atomic mass is 10.0. The second kappa shape index (κ2) is 15.2. The van der Waals surface area contributed by atoms with Gasteiger partial charge in [0.05, 0.1) is 11.2 Å². The zero-order valence-electron chi connectivity index (χ0n) is 21.7. The van der Waals surface area contributed by atoms with Gasteiger partial charge in [0.25, 0.3) is 0 Å². The number of anilines is 1. The van der Waals surface area contributed by atoms with Gasteiger partial charge >= 0.3 is 0 Å². The summed E-state index contributed by atoms with van der Waals surface area (Å²) < 4.78 is 0. The van der Waals surface area contributed by atoms with E-state index in [9.17, 15) is 0 Å². The number of hydrogen-bond donors (Lipinski definition) is 2. The van der Waals surface area contributed by atoms with Crippen molar-refractivity contribution in [3.8, 4) is 11.3 Å². The number of rotatable bonds is 8. The van der Waals surface area contributed by atoms with E-state index in [4.69, 9.17) is 4.98 Å². The SMILES string of the molecule is C=C.CCNC.CCc1ccc2c(N3CCCC3)cc(-c3ccc(CCCNC)nc3)nc2c1. The Bertz CT molecular complexity index is 976. The van der Waals surface area contributed by atoms with Crippen molar-refractivity contribution in [2.24, 2.45) is 0 Å². The van der Waals surface area contributed by atoms with E-state index >= 15 is 0 Å². The minimum atomic E-state index is 1.01. The molecular formula is C29H43N5. The maximum Gasteiger partial charge on any atom is 0.0745 e. The maximum absolute atomic E-state index is 5.01. The minimum Gasteiger partial charge on any atom is -0.371 e. The summed E-state index contributed by atoms with van der Waals surface area (Å²) >= 11 is 0. The summed E-state index contributed by atoms with van der Waals surface area (Å²) in [5.41, 5.74) is 7.02. The lowest BCUT2D eigenvalue weighted by Gasteiger charge is -2.21. The topological polar surface area (TPSA) is 53.1 Å². The summed E-state index contributed by atoms with van der Waals surface area (Å²) in [7, 11) is 3.92. The van der Waals surface area contributed by atoms with Crippen molar-refractivity contribution < 1.29 is 0 Å². The van der Waals surface area contributed by atoms with E-state index in [1.165, 1.54) is 29.5 Å². The smallest absolute Gasteiger partial charge is 0.0745 e. The molecular weight excluding hydrogens is 418 g/mol. The first kappa shape index (κ1) is 27.5. The van der Waals surface area contributed by atoms with Gasteiger partial charge in [0, 0.05) is 41.6 Å². The van der Waals surface area contributed by atoms with E-state index in [1.54, 1.807) is 0 Å². The van der Waals surface area contributed by atoms with Crippen molar-refractivity contribution in [2.75, 3.05) is 45.2 Å². The van der Waals surface area contributed by atoms with Gasteiger partial charge in [-0.05, 0) is 89.1 Å². The average molecular weight is 462 g/mol. The monoisotopic (exact) mass is 461 g/mol. The quantitative estimate of drug-likeness (QED) is 0.336. The number of pyridine rings is 2. The Kier molecular flexibility index (Phi) is 12.3. The third-order valence-electron chi connectivity index (χ3n) is 6.04. The number of aromatic nitrogens is 2. The summed E-state index contributed by atoms with van der Waals surface area (Å²) in [4.78, 5) is 12.2. The first-order chi connectivity index (χ1) is 16.7. The lowest BCUT2D eigenvalue weighted by molar-refractivity contribution is 0.715. The average Bonchev–Trinajstić information content (AvgIpc) is 3.44. The minimum absolute atomic E-state index is 1.01. The number of aryl methyl sites for hydroxylation is 2. The molecule has 0 spiro atoms. The molecule has 0 atom stereocenters. The molecule has 5 nitrogen and oxygen atoms in total. The van der Waals surface area contributed by atoms with Crippen LogP contribution in [0.4, 0.5) is 5.69 Å². The van der Waals surface area contributed by atoms with E-state index in [2.05, 4.69) is 83.9 Å². The third-order valence-corrected chi connectivity index (χ3v) is 6.04. The van der Waals surface area contributed by atoms with E-state index < -0.39 is 0 Å². The van der Waals surface area contributed by atoms with Gasteiger partial charge in [0.2, 0.25) is 0 Å². The van der Waals surface area contributed by atoms with Crippen LogP contribution in [0, 0.1) is 0 Å². The number of nitrogens with zero attached hydrogens (tertiary/aromatic N) is 3. The molecule has 3 heterocycles. The van der Waals surface area contributed by atoms with Crippen molar-refractivity contribution in [3.05, 3.63) is 67.0 Å². The summed E-state index contributed by atoms with van der Waals surface area (Å²) in [6.07, 6.45) is 7.68. The van der Waals surface area contributed by atoms with E-state index in [0.29, 0.717) is 0 Å². The van der Waals surface area contributed by atoms with E-state index in [-0.39, 0.29) is 0 Å². The Labute approximate surface area is 206 Å². The Hall–Kier alpha value is -2.76. The van der Waals surface area contributed by atoms with Crippen LogP contribution in [0.25, 0.3) is 22.2 Å². The van der Waals surface area contributed by atoms with Crippen LogP contribution in [0.15, 0.2) is 55.8 Å². The lowest BCUT2D eigenvalue weighted by Crippen LogP contribution is -2.18. The standard InChI is InChI=1S/C24H30N4.C3H9N.C2H4/c1-3-18-8-11-21-23(15-18)27-22(16-24(21)28-13-4-5-14-28)19-9-10-20(26-17-19)7-6-12-25-2;1-3-4-2;1-2/h8-11,15-17,25H,3-7,12-14H2,1-2H3;4H,3H2,1-2H3;1-2H2. The van der Waals surface area contributed by atoms with Gasteiger partial charge in [0.1, 0.15) is 0 Å². The van der Waals surface area contributed by atoms with Crippen LogP contribution in [0.5, 0.6) is 0 Å². The second-order valence-electron chi connectivity index (χ2n) is 8.38. The highest BCUT2D eigenvalue weighted by molar-refractivity contribution is 5.94. The molecule has 34 heavy (non-hydrogen) atoms. The zero-order chi connectivity index (χ0) is 24.8. The van der Waals surface area contributed by atoms with Gasteiger partial charge in [-0.3, -0.25) is 4.98 Å². The van der Waals surface area contributed by atoms with Gasteiger partial charge < -0.3 is 15.5 Å². The van der Waals surface area contributed by atoms with Gasteiger partial charge in [-0.25, -0.2) is 4.98 Å². The third kappa shape index (κ3) is 7.64. The van der Waals surface area contributed by atoms with E-state index in [0.717, 1.165) is 67.9 Å². The van der Waals surface area contributed by atoms with Gasteiger partial charge in [-0.1, -0.05) is 26.0 Å². The Morgan fingerprint density at radius 1 is 0.971 bits per heavy atom. The number of nitrogens with one attached hydrogen (secondary N) is 2. The highest BCUT2D eigenvalue weighted by atomic mass is 15.1. The van der Waals surface area contributed by atoms with Crippen LogP contribution in [0.2, 0.25) is 0 Å². The molecule has 1 fully saturated rings. The van der Waals surface area contributed by atoms with Crippen molar-refractivity contribution in [1.29, 1.82) is 0 Å². The normalized spacial score (nSPS) is 12.6. The Morgan fingerprint density at radius 2 is 1.71 bits per heavy atom. The molecule has 1 saturated heterocycles. The molecule has 2 aromatic heterocycles.